The van der Waals surface area contributed by atoms with Crippen LogP contribution in [0.3, 0.4) is 0 Å². The lowest BCUT2D eigenvalue weighted by Crippen LogP contribution is -2.23. The van der Waals surface area contributed by atoms with Crippen molar-refractivity contribution in [3.63, 3.8) is 0 Å². The van der Waals surface area contributed by atoms with Crippen molar-refractivity contribution >= 4 is 16.8 Å². The minimum absolute atomic E-state index is 0.0797. The Bertz CT molecular complexity index is 1170. The predicted octanol–water partition coefficient (Wildman–Crippen LogP) is 2.77. The topological polar surface area (TPSA) is 76.9 Å². The van der Waals surface area contributed by atoms with Crippen LogP contribution in [0.15, 0.2) is 84.2 Å². The Morgan fingerprint density at radius 3 is 2.57 bits per heavy atom. The minimum Gasteiger partial charge on any atom is -0.348 e. The molecule has 2 heterocycles. The number of fused-ring (bicyclic) bond motifs is 1. The smallest absolute Gasteiger partial charge is 0.261 e. The summed E-state index contributed by atoms with van der Waals surface area (Å²) in [6.07, 6.45) is 4.97. The summed E-state index contributed by atoms with van der Waals surface area (Å²) in [5.74, 6) is -0.153. The first kappa shape index (κ1) is 17.6. The van der Waals surface area contributed by atoms with E-state index in [1.165, 1.54) is 0 Å². The summed E-state index contributed by atoms with van der Waals surface area (Å²) in [7, 11) is 0. The second kappa shape index (κ2) is 7.84. The lowest BCUT2D eigenvalue weighted by molar-refractivity contribution is 0.0951. The summed E-state index contributed by atoms with van der Waals surface area (Å²) >= 11 is 0. The molecule has 2 aromatic heterocycles. The summed E-state index contributed by atoms with van der Waals surface area (Å²) in [6.45, 7) is 0.820. The van der Waals surface area contributed by atoms with Crippen LogP contribution in [0, 0.1) is 0 Å². The number of benzene rings is 2. The molecule has 2 aromatic carbocycles. The molecule has 28 heavy (non-hydrogen) atoms. The van der Waals surface area contributed by atoms with Crippen molar-refractivity contribution in [3.05, 3.63) is 106 Å². The lowest BCUT2D eigenvalue weighted by atomic mass is 10.1. The number of carbonyl (C=O) groups is 1. The number of aromatic nitrogens is 3. The fraction of sp³-hybridized carbons (Fsp3) is 0.0909. The van der Waals surface area contributed by atoms with E-state index in [9.17, 15) is 9.59 Å². The largest absolute Gasteiger partial charge is 0.348 e. The van der Waals surface area contributed by atoms with E-state index < -0.39 is 0 Å². The average Bonchev–Trinajstić information content (AvgIpc) is 2.75. The first-order valence-corrected chi connectivity index (χ1v) is 8.91. The van der Waals surface area contributed by atoms with E-state index in [1.807, 2.05) is 42.5 Å². The van der Waals surface area contributed by atoms with E-state index in [-0.39, 0.29) is 11.5 Å². The molecule has 0 bridgehead atoms. The maximum absolute atomic E-state index is 12.6. The van der Waals surface area contributed by atoms with Crippen LogP contribution in [-0.4, -0.2) is 20.4 Å². The molecule has 0 aliphatic rings. The van der Waals surface area contributed by atoms with Crippen molar-refractivity contribution in [2.45, 2.75) is 13.1 Å². The first-order valence-electron chi connectivity index (χ1n) is 8.91. The van der Waals surface area contributed by atoms with Gasteiger partial charge in [0.2, 0.25) is 0 Å². The van der Waals surface area contributed by atoms with Gasteiger partial charge >= 0.3 is 0 Å². The van der Waals surface area contributed by atoms with Crippen molar-refractivity contribution in [2.75, 3.05) is 0 Å². The summed E-state index contributed by atoms with van der Waals surface area (Å²) in [6, 6.07) is 18.2. The molecular formula is C22H18N4O2. The van der Waals surface area contributed by atoms with Crippen LogP contribution in [0.2, 0.25) is 0 Å². The Morgan fingerprint density at radius 1 is 0.964 bits per heavy atom. The van der Waals surface area contributed by atoms with E-state index in [0.717, 1.165) is 11.1 Å². The van der Waals surface area contributed by atoms with Crippen molar-refractivity contribution in [2.24, 2.45) is 0 Å². The maximum Gasteiger partial charge on any atom is 0.261 e. The van der Waals surface area contributed by atoms with E-state index >= 15 is 0 Å². The molecule has 0 saturated carbocycles. The standard InChI is InChI=1S/C22H18N4O2/c27-21(24-13-17-4-3-11-23-12-17)18-9-7-16(8-10-18)14-26-15-25-20-6-2-1-5-19(20)22(26)28/h1-12,15H,13-14H2,(H,24,27). The van der Waals surface area contributed by atoms with Crippen LogP contribution in [0.4, 0.5) is 0 Å². The van der Waals surface area contributed by atoms with Crippen LogP contribution >= 0.6 is 0 Å². The molecule has 0 unspecified atom stereocenters. The van der Waals surface area contributed by atoms with Crippen LogP contribution in [0.1, 0.15) is 21.5 Å². The average molecular weight is 370 g/mol. The zero-order valence-electron chi connectivity index (χ0n) is 15.1. The first-order chi connectivity index (χ1) is 13.7. The fourth-order valence-electron chi connectivity index (χ4n) is 2.96. The van der Waals surface area contributed by atoms with E-state index in [4.69, 9.17) is 0 Å². The molecule has 138 valence electrons. The zero-order valence-corrected chi connectivity index (χ0v) is 15.1. The van der Waals surface area contributed by atoms with Gasteiger partial charge in [-0.1, -0.05) is 30.3 Å². The molecule has 4 aromatic rings. The highest BCUT2D eigenvalue weighted by Crippen LogP contribution is 2.09. The zero-order chi connectivity index (χ0) is 19.3. The number of amides is 1. The Labute approximate surface area is 161 Å². The van der Waals surface area contributed by atoms with Crippen LogP contribution < -0.4 is 10.9 Å². The summed E-state index contributed by atoms with van der Waals surface area (Å²) < 4.78 is 1.57. The Balaban J connectivity index is 1.45. The minimum atomic E-state index is -0.153. The van der Waals surface area contributed by atoms with Crippen molar-refractivity contribution in [1.29, 1.82) is 0 Å². The molecule has 0 saturated heterocycles. The van der Waals surface area contributed by atoms with E-state index in [2.05, 4.69) is 15.3 Å². The van der Waals surface area contributed by atoms with Crippen LogP contribution in [-0.2, 0) is 13.1 Å². The third-order valence-corrected chi connectivity index (χ3v) is 4.48. The van der Waals surface area contributed by atoms with Gasteiger partial charge in [-0.2, -0.15) is 0 Å². The van der Waals surface area contributed by atoms with Crippen molar-refractivity contribution in [1.82, 2.24) is 19.9 Å². The predicted molar refractivity (Wildman–Crippen MR) is 107 cm³/mol. The SMILES string of the molecule is O=C(NCc1cccnc1)c1ccc(Cn2cnc3ccccc3c2=O)cc1. The Hall–Kier alpha value is -3.80. The number of nitrogens with one attached hydrogen (secondary N) is 1. The highest BCUT2D eigenvalue weighted by atomic mass is 16.1. The maximum atomic E-state index is 12.6. The lowest BCUT2D eigenvalue weighted by Gasteiger charge is -2.08. The van der Waals surface area contributed by atoms with E-state index in [1.54, 1.807) is 41.5 Å². The normalized spacial score (nSPS) is 10.7. The number of rotatable bonds is 5. The molecular weight excluding hydrogens is 352 g/mol. The van der Waals surface area contributed by atoms with Gasteiger partial charge in [-0.05, 0) is 41.5 Å². The number of nitrogens with zero attached hydrogens (tertiary/aromatic N) is 3. The van der Waals surface area contributed by atoms with Crippen LogP contribution in [0.5, 0.6) is 0 Å². The number of pyridine rings is 1. The Morgan fingerprint density at radius 2 is 1.79 bits per heavy atom. The molecule has 0 radical (unpaired) electrons. The number of carbonyl (C=O) groups excluding carboxylic acids is 1. The third-order valence-electron chi connectivity index (χ3n) is 4.48. The summed E-state index contributed by atoms with van der Waals surface area (Å²) in [5.41, 5.74) is 3.03. The van der Waals surface area contributed by atoms with Gasteiger partial charge < -0.3 is 5.32 Å². The van der Waals surface area contributed by atoms with Gasteiger partial charge in [0.1, 0.15) is 0 Å². The number of hydrogen-bond acceptors (Lipinski definition) is 4. The second-order valence-electron chi connectivity index (χ2n) is 6.44. The molecule has 1 N–H and O–H groups in total. The molecule has 6 heteroatoms. The quantitative estimate of drug-likeness (QED) is 0.586. The molecule has 1 amide bonds. The van der Waals surface area contributed by atoms with Gasteiger partial charge in [-0.15, -0.1) is 0 Å². The van der Waals surface area contributed by atoms with Gasteiger partial charge in [-0.3, -0.25) is 19.1 Å². The summed E-state index contributed by atoms with van der Waals surface area (Å²) in [4.78, 5) is 33.2. The molecule has 0 fully saturated rings. The van der Waals surface area contributed by atoms with E-state index in [0.29, 0.717) is 29.6 Å². The monoisotopic (exact) mass is 370 g/mol. The molecule has 0 spiro atoms. The molecule has 0 atom stereocenters. The van der Waals surface area contributed by atoms with Gasteiger partial charge in [0.15, 0.2) is 0 Å². The van der Waals surface area contributed by atoms with Crippen molar-refractivity contribution < 1.29 is 4.79 Å². The third kappa shape index (κ3) is 3.81. The van der Waals surface area contributed by atoms with Crippen molar-refractivity contribution in [3.8, 4) is 0 Å². The number of hydrogen-bond donors (Lipinski definition) is 1. The van der Waals surface area contributed by atoms with Crippen LogP contribution in [0.25, 0.3) is 10.9 Å². The van der Waals surface area contributed by atoms with Gasteiger partial charge in [0.05, 0.1) is 23.8 Å². The fourth-order valence-corrected chi connectivity index (χ4v) is 2.96. The van der Waals surface area contributed by atoms with Gasteiger partial charge in [-0.25, -0.2) is 4.98 Å². The molecule has 0 aliphatic carbocycles. The number of para-hydroxylation sites is 1. The molecule has 4 rings (SSSR count). The Kier molecular flexibility index (Phi) is 4.93. The highest BCUT2D eigenvalue weighted by molar-refractivity contribution is 5.94. The van der Waals surface area contributed by atoms with Gasteiger partial charge in [0.25, 0.3) is 11.5 Å². The molecule has 6 nitrogen and oxygen atoms in total. The highest BCUT2D eigenvalue weighted by Gasteiger charge is 2.07. The van der Waals surface area contributed by atoms with Gasteiger partial charge in [0, 0.05) is 24.5 Å². The summed E-state index contributed by atoms with van der Waals surface area (Å²) in [5, 5.41) is 3.46. The second-order valence-corrected chi connectivity index (χ2v) is 6.44. The molecule has 0 aliphatic heterocycles.